The first-order valence-corrected chi connectivity index (χ1v) is 4.92. The van der Waals surface area contributed by atoms with Crippen LogP contribution < -0.4 is 5.73 Å². The molecular formula is C12H12FN3. The Labute approximate surface area is 93.2 Å². The number of hydrogen-bond donors (Lipinski definition) is 1. The molecule has 0 saturated carbocycles. The van der Waals surface area contributed by atoms with Crippen LogP contribution in [0.3, 0.4) is 0 Å². The van der Waals surface area contributed by atoms with Crippen molar-refractivity contribution < 1.29 is 4.39 Å². The molecule has 0 atom stereocenters. The molecule has 0 unspecified atom stereocenters. The summed E-state index contributed by atoms with van der Waals surface area (Å²) in [5, 5.41) is 0. The molecule has 2 aromatic rings. The van der Waals surface area contributed by atoms with Gasteiger partial charge in [0.1, 0.15) is 5.82 Å². The third kappa shape index (κ3) is 1.86. The molecule has 0 aliphatic heterocycles. The molecule has 82 valence electrons. The highest BCUT2D eigenvalue weighted by Crippen LogP contribution is 2.23. The molecule has 0 fully saturated rings. The molecule has 2 N–H and O–H groups in total. The average Bonchev–Trinajstić information content (AvgIpc) is 2.25. The highest BCUT2D eigenvalue weighted by atomic mass is 19.1. The maximum atomic E-state index is 13.0. The van der Waals surface area contributed by atoms with Crippen LogP contribution >= 0.6 is 0 Å². The van der Waals surface area contributed by atoms with E-state index in [0.717, 1.165) is 17.5 Å². The van der Waals surface area contributed by atoms with Gasteiger partial charge in [0.05, 0.1) is 11.9 Å². The number of halogens is 1. The largest absolute Gasteiger partial charge is 0.398 e. The summed E-state index contributed by atoms with van der Waals surface area (Å²) in [6.07, 6.45) is 2.73. The summed E-state index contributed by atoms with van der Waals surface area (Å²) >= 11 is 0. The number of aryl methyl sites for hydroxylation is 1. The fourth-order valence-electron chi connectivity index (χ4n) is 1.46. The van der Waals surface area contributed by atoms with Gasteiger partial charge in [-0.2, -0.15) is 0 Å². The Hall–Kier alpha value is -1.97. The van der Waals surface area contributed by atoms with Crippen molar-refractivity contribution in [2.45, 2.75) is 13.8 Å². The molecule has 2 rings (SSSR count). The molecule has 3 nitrogen and oxygen atoms in total. The van der Waals surface area contributed by atoms with Gasteiger partial charge in [-0.1, -0.05) is 0 Å². The van der Waals surface area contributed by atoms with E-state index in [-0.39, 0.29) is 5.82 Å². The maximum Gasteiger partial charge on any atom is 0.142 e. The van der Waals surface area contributed by atoms with E-state index in [1.807, 2.05) is 13.8 Å². The zero-order chi connectivity index (χ0) is 11.7. The van der Waals surface area contributed by atoms with Gasteiger partial charge in [-0.3, -0.25) is 9.97 Å². The van der Waals surface area contributed by atoms with E-state index in [0.29, 0.717) is 16.9 Å². The predicted octanol–water partition coefficient (Wildman–Crippen LogP) is 2.48. The third-order valence-electron chi connectivity index (χ3n) is 2.56. The Morgan fingerprint density at radius 2 is 1.94 bits per heavy atom. The Bertz CT molecular complexity index is 515. The summed E-state index contributed by atoms with van der Waals surface area (Å²) in [5.41, 5.74) is 9.58. The quantitative estimate of drug-likeness (QED) is 0.798. The second-order valence-electron chi connectivity index (χ2n) is 3.70. The highest BCUT2D eigenvalue weighted by molar-refractivity contribution is 5.65. The van der Waals surface area contributed by atoms with E-state index >= 15 is 0 Å². The Morgan fingerprint density at radius 3 is 2.56 bits per heavy atom. The minimum atomic E-state index is -0.379. The fraction of sp³-hybridized carbons (Fsp3) is 0.167. The zero-order valence-corrected chi connectivity index (χ0v) is 9.16. The maximum absolute atomic E-state index is 13.0. The van der Waals surface area contributed by atoms with Crippen molar-refractivity contribution in [3.05, 3.63) is 41.6 Å². The van der Waals surface area contributed by atoms with Crippen LogP contribution in [-0.4, -0.2) is 9.97 Å². The number of nitrogens with two attached hydrogens (primary N) is 1. The van der Waals surface area contributed by atoms with Crippen molar-refractivity contribution in [2.75, 3.05) is 5.73 Å². The summed E-state index contributed by atoms with van der Waals surface area (Å²) in [4.78, 5) is 8.14. The summed E-state index contributed by atoms with van der Waals surface area (Å²) in [6.45, 7) is 3.78. The van der Waals surface area contributed by atoms with Gasteiger partial charge in [-0.15, -0.1) is 0 Å². The van der Waals surface area contributed by atoms with E-state index in [4.69, 9.17) is 5.73 Å². The third-order valence-corrected chi connectivity index (χ3v) is 2.56. The van der Waals surface area contributed by atoms with Gasteiger partial charge in [-0.25, -0.2) is 4.39 Å². The first kappa shape index (κ1) is 10.5. The van der Waals surface area contributed by atoms with Gasteiger partial charge >= 0.3 is 0 Å². The van der Waals surface area contributed by atoms with Crippen molar-refractivity contribution in [2.24, 2.45) is 0 Å². The van der Waals surface area contributed by atoms with E-state index < -0.39 is 0 Å². The molecule has 0 aromatic carbocycles. The predicted molar refractivity (Wildman–Crippen MR) is 61.3 cm³/mol. The number of nitrogen functional groups attached to an aromatic ring is 1. The van der Waals surface area contributed by atoms with Crippen molar-refractivity contribution >= 4 is 5.69 Å². The smallest absolute Gasteiger partial charge is 0.142 e. The summed E-state index contributed by atoms with van der Waals surface area (Å²) in [6, 6.07) is 3.13. The Morgan fingerprint density at radius 1 is 1.19 bits per heavy atom. The molecule has 0 radical (unpaired) electrons. The first-order chi connectivity index (χ1) is 7.58. The van der Waals surface area contributed by atoms with Crippen LogP contribution in [0.4, 0.5) is 10.1 Å². The van der Waals surface area contributed by atoms with Crippen LogP contribution in [0.5, 0.6) is 0 Å². The molecule has 0 spiro atoms. The van der Waals surface area contributed by atoms with Gasteiger partial charge in [0.2, 0.25) is 0 Å². The summed E-state index contributed by atoms with van der Waals surface area (Å²) in [7, 11) is 0. The molecule has 0 bridgehead atoms. The number of rotatable bonds is 1. The second-order valence-corrected chi connectivity index (χ2v) is 3.70. The van der Waals surface area contributed by atoms with Crippen LogP contribution in [-0.2, 0) is 0 Å². The van der Waals surface area contributed by atoms with Crippen LogP contribution in [0.2, 0.25) is 0 Å². The number of pyridine rings is 2. The molecule has 2 heterocycles. The molecule has 16 heavy (non-hydrogen) atoms. The van der Waals surface area contributed by atoms with Crippen molar-refractivity contribution in [3.8, 4) is 11.3 Å². The highest BCUT2D eigenvalue weighted by Gasteiger charge is 2.06. The lowest BCUT2D eigenvalue weighted by atomic mass is 10.1. The molecule has 0 aliphatic rings. The van der Waals surface area contributed by atoms with E-state index in [1.54, 1.807) is 12.3 Å². The summed E-state index contributed by atoms with van der Waals surface area (Å²) < 4.78 is 13.0. The van der Waals surface area contributed by atoms with Crippen molar-refractivity contribution in [1.82, 2.24) is 9.97 Å². The molecule has 4 heteroatoms. The lowest BCUT2D eigenvalue weighted by molar-refractivity contribution is 0.622. The van der Waals surface area contributed by atoms with Crippen molar-refractivity contribution in [3.63, 3.8) is 0 Å². The molecular weight excluding hydrogens is 205 g/mol. The number of hydrogen-bond acceptors (Lipinski definition) is 3. The molecule has 0 aliphatic carbocycles. The molecule has 2 aromatic heterocycles. The minimum absolute atomic E-state index is 0.379. The van der Waals surface area contributed by atoms with E-state index in [2.05, 4.69) is 9.97 Å². The zero-order valence-electron chi connectivity index (χ0n) is 9.16. The first-order valence-electron chi connectivity index (χ1n) is 4.92. The normalized spacial score (nSPS) is 10.4. The van der Waals surface area contributed by atoms with Crippen LogP contribution in [0.15, 0.2) is 24.5 Å². The monoisotopic (exact) mass is 217 g/mol. The Balaban J connectivity index is 2.57. The lowest BCUT2D eigenvalue weighted by Gasteiger charge is -2.07. The average molecular weight is 217 g/mol. The van der Waals surface area contributed by atoms with Gasteiger partial charge in [0.25, 0.3) is 0 Å². The molecule has 0 saturated heterocycles. The van der Waals surface area contributed by atoms with Gasteiger partial charge < -0.3 is 5.73 Å². The van der Waals surface area contributed by atoms with Gasteiger partial charge in [0.15, 0.2) is 0 Å². The SMILES string of the molecule is Cc1nc(-c2cncc(F)c2)cc(N)c1C. The van der Waals surface area contributed by atoms with Crippen molar-refractivity contribution in [1.29, 1.82) is 0 Å². The number of nitrogens with zero attached hydrogens (tertiary/aromatic N) is 2. The number of anilines is 1. The fourth-order valence-corrected chi connectivity index (χ4v) is 1.46. The second kappa shape index (κ2) is 3.89. The minimum Gasteiger partial charge on any atom is -0.398 e. The van der Waals surface area contributed by atoms with Gasteiger partial charge in [0, 0.05) is 23.1 Å². The van der Waals surface area contributed by atoms with Crippen LogP contribution in [0, 0.1) is 19.7 Å². The Kier molecular flexibility index (Phi) is 2.56. The standard InChI is InChI=1S/C12H12FN3/c1-7-8(2)16-12(4-11(7)14)9-3-10(13)6-15-5-9/h3-6H,1-2H3,(H2,14,16). The molecule has 0 amide bonds. The van der Waals surface area contributed by atoms with E-state index in [1.165, 1.54) is 6.07 Å². The van der Waals surface area contributed by atoms with E-state index in [9.17, 15) is 4.39 Å². The summed E-state index contributed by atoms with van der Waals surface area (Å²) in [5.74, 6) is -0.379. The topological polar surface area (TPSA) is 51.8 Å². The number of aromatic nitrogens is 2. The van der Waals surface area contributed by atoms with Crippen LogP contribution in [0.1, 0.15) is 11.3 Å². The van der Waals surface area contributed by atoms with Crippen LogP contribution in [0.25, 0.3) is 11.3 Å². The lowest BCUT2D eigenvalue weighted by Crippen LogP contribution is -1.98. The van der Waals surface area contributed by atoms with Gasteiger partial charge in [-0.05, 0) is 31.5 Å².